The van der Waals surface area contributed by atoms with Gasteiger partial charge >= 0.3 is 5.69 Å². The van der Waals surface area contributed by atoms with Gasteiger partial charge in [-0.3, -0.25) is 14.8 Å². The van der Waals surface area contributed by atoms with Gasteiger partial charge in [0.05, 0.1) is 0 Å². The molecule has 0 aliphatic heterocycles. The lowest BCUT2D eigenvalue weighted by molar-refractivity contribution is 1.05. The van der Waals surface area contributed by atoms with Gasteiger partial charge in [0.1, 0.15) is 11.5 Å². The summed E-state index contributed by atoms with van der Waals surface area (Å²) in [7, 11) is 0. The predicted octanol–water partition coefficient (Wildman–Crippen LogP) is -0.799. The summed E-state index contributed by atoms with van der Waals surface area (Å²) in [5, 5.41) is 2.52. The van der Waals surface area contributed by atoms with Crippen molar-refractivity contribution in [3.05, 3.63) is 33.6 Å². The topological polar surface area (TPSA) is 104 Å². The van der Waals surface area contributed by atoms with Gasteiger partial charge in [0.25, 0.3) is 5.56 Å². The molecule has 0 aliphatic carbocycles. The van der Waals surface area contributed by atoms with Crippen LogP contribution in [0.25, 0.3) is 0 Å². The molecule has 0 amide bonds. The molecule has 0 aromatic carbocycles. The number of nitrogens with one attached hydrogen (secondary N) is 3. The minimum atomic E-state index is -0.622. The number of hydrogen-bond donors (Lipinski definition) is 4. The fraction of sp³-hybridized carbons (Fsp3) is 0. The van der Waals surface area contributed by atoms with Crippen LogP contribution in [-0.4, -0.2) is 9.97 Å². The highest BCUT2D eigenvalue weighted by atomic mass is 16.2. The Bertz CT molecular complexity index is 403. The van der Waals surface area contributed by atoms with E-state index in [-0.39, 0.29) is 11.5 Å². The summed E-state index contributed by atoms with van der Waals surface area (Å²) in [6.07, 6.45) is 1.31. The first-order chi connectivity index (χ1) is 5.65. The second-order valence-corrected chi connectivity index (χ2v) is 2.05. The Labute approximate surface area is 67.1 Å². The van der Waals surface area contributed by atoms with Gasteiger partial charge in [-0.2, -0.15) is 0 Å². The van der Waals surface area contributed by atoms with Gasteiger partial charge in [0.2, 0.25) is 0 Å². The minimum Gasteiger partial charge on any atom is -0.391 e. The molecule has 0 aliphatic rings. The van der Waals surface area contributed by atoms with Crippen LogP contribution < -0.4 is 22.3 Å². The van der Waals surface area contributed by atoms with Crippen molar-refractivity contribution >= 4 is 11.5 Å². The molecule has 5 N–H and O–H groups in total. The third kappa shape index (κ3) is 1.36. The summed E-state index contributed by atoms with van der Waals surface area (Å²) in [5.41, 5.74) is 4.00. The molecule has 0 saturated carbocycles. The highest BCUT2D eigenvalue weighted by Crippen LogP contribution is 2.04. The van der Waals surface area contributed by atoms with Crippen molar-refractivity contribution in [2.24, 2.45) is 0 Å². The summed E-state index contributed by atoms with van der Waals surface area (Å²) in [6, 6.07) is 0. The molecule has 0 spiro atoms. The SMILES string of the molecule is C=CNc1[nH]c(=O)[nH]c(=O)c1N. The van der Waals surface area contributed by atoms with Crippen molar-refractivity contribution < 1.29 is 0 Å². The van der Waals surface area contributed by atoms with Gasteiger partial charge in [0.15, 0.2) is 0 Å². The fourth-order valence-corrected chi connectivity index (χ4v) is 0.712. The summed E-state index contributed by atoms with van der Waals surface area (Å²) >= 11 is 0. The van der Waals surface area contributed by atoms with Crippen LogP contribution in [0.4, 0.5) is 11.5 Å². The third-order valence-corrected chi connectivity index (χ3v) is 1.23. The highest BCUT2D eigenvalue weighted by Gasteiger charge is 2.01. The maximum Gasteiger partial charge on any atom is 0.327 e. The lowest BCUT2D eigenvalue weighted by atomic mass is 10.5. The number of hydrogen-bond acceptors (Lipinski definition) is 4. The maximum absolute atomic E-state index is 10.9. The number of aromatic nitrogens is 2. The second-order valence-electron chi connectivity index (χ2n) is 2.05. The van der Waals surface area contributed by atoms with E-state index in [1.165, 1.54) is 6.20 Å². The first kappa shape index (κ1) is 8.12. The van der Waals surface area contributed by atoms with Gasteiger partial charge < -0.3 is 11.1 Å². The van der Waals surface area contributed by atoms with Crippen LogP contribution in [0.5, 0.6) is 0 Å². The Kier molecular flexibility index (Phi) is 2.00. The standard InChI is InChI=1S/C6H8N4O2/c1-2-8-4-3(7)5(11)10-6(12)9-4/h2H,1,7H2,(H3,8,9,10,11,12). The molecule has 1 aromatic rings. The van der Waals surface area contributed by atoms with Gasteiger partial charge in [-0.1, -0.05) is 6.58 Å². The average molecular weight is 168 g/mol. The number of anilines is 2. The molecule has 6 nitrogen and oxygen atoms in total. The fourth-order valence-electron chi connectivity index (χ4n) is 0.712. The Hall–Kier alpha value is -1.98. The molecule has 6 heteroatoms. The van der Waals surface area contributed by atoms with Crippen LogP contribution in [0.15, 0.2) is 22.4 Å². The Balaban J connectivity index is 3.37. The van der Waals surface area contributed by atoms with Crippen molar-refractivity contribution in [3.8, 4) is 0 Å². The Morgan fingerprint density at radius 3 is 2.67 bits per heavy atom. The summed E-state index contributed by atoms with van der Waals surface area (Å²) in [6.45, 7) is 3.36. The van der Waals surface area contributed by atoms with E-state index in [1.807, 2.05) is 4.98 Å². The first-order valence-electron chi connectivity index (χ1n) is 3.14. The molecule has 0 unspecified atom stereocenters. The molecule has 1 aromatic heterocycles. The van der Waals surface area contributed by atoms with Crippen LogP contribution >= 0.6 is 0 Å². The van der Waals surface area contributed by atoms with E-state index in [0.717, 1.165) is 0 Å². The van der Waals surface area contributed by atoms with Crippen molar-refractivity contribution in [1.29, 1.82) is 0 Å². The van der Waals surface area contributed by atoms with Crippen LogP contribution in [0, 0.1) is 0 Å². The van der Waals surface area contributed by atoms with Crippen LogP contribution in [0.2, 0.25) is 0 Å². The molecule has 64 valence electrons. The van der Waals surface area contributed by atoms with E-state index < -0.39 is 11.2 Å². The van der Waals surface area contributed by atoms with Crippen LogP contribution in [-0.2, 0) is 0 Å². The van der Waals surface area contributed by atoms with E-state index in [2.05, 4.69) is 16.9 Å². The monoisotopic (exact) mass is 168 g/mol. The number of H-pyrrole nitrogens is 2. The summed E-state index contributed by atoms with van der Waals surface area (Å²) < 4.78 is 0. The molecule has 0 bridgehead atoms. The number of rotatable bonds is 2. The first-order valence-corrected chi connectivity index (χ1v) is 3.14. The van der Waals surface area contributed by atoms with Gasteiger partial charge in [-0.05, 0) is 6.20 Å². The zero-order chi connectivity index (χ0) is 9.14. The van der Waals surface area contributed by atoms with Gasteiger partial charge in [-0.25, -0.2) is 4.79 Å². The van der Waals surface area contributed by atoms with E-state index in [9.17, 15) is 9.59 Å². The Morgan fingerprint density at radius 1 is 1.42 bits per heavy atom. The summed E-state index contributed by atoms with van der Waals surface area (Å²) in [5.74, 6) is 0.152. The zero-order valence-electron chi connectivity index (χ0n) is 6.18. The molecular formula is C6H8N4O2. The van der Waals surface area contributed by atoms with Gasteiger partial charge in [0, 0.05) is 0 Å². The highest BCUT2D eigenvalue weighted by molar-refractivity contribution is 5.59. The van der Waals surface area contributed by atoms with Crippen molar-refractivity contribution in [2.45, 2.75) is 0 Å². The molecular weight excluding hydrogens is 160 g/mol. The molecule has 1 rings (SSSR count). The van der Waals surface area contributed by atoms with E-state index in [0.29, 0.717) is 0 Å². The zero-order valence-corrected chi connectivity index (χ0v) is 6.18. The maximum atomic E-state index is 10.9. The molecule has 1 heterocycles. The molecule has 0 radical (unpaired) electrons. The average Bonchev–Trinajstić information content (AvgIpc) is 2.00. The van der Waals surface area contributed by atoms with Crippen molar-refractivity contribution in [3.63, 3.8) is 0 Å². The largest absolute Gasteiger partial charge is 0.391 e. The van der Waals surface area contributed by atoms with E-state index in [1.54, 1.807) is 0 Å². The van der Waals surface area contributed by atoms with Crippen LogP contribution in [0.1, 0.15) is 0 Å². The quantitative estimate of drug-likeness (QED) is 0.464. The lowest BCUT2D eigenvalue weighted by Gasteiger charge is -2.01. The number of nitrogen functional groups attached to an aromatic ring is 1. The van der Waals surface area contributed by atoms with E-state index in [4.69, 9.17) is 5.73 Å². The van der Waals surface area contributed by atoms with Crippen LogP contribution in [0.3, 0.4) is 0 Å². The molecule has 12 heavy (non-hydrogen) atoms. The van der Waals surface area contributed by atoms with Gasteiger partial charge in [-0.15, -0.1) is 0 Å². The van der Waals surface area contributed by atoms with Crippen molar-refractivity contribution in [1.82, 2.24) is 9.97 Å². The van der Waals surface area contributed by atoms with Crippen molar-refractivity contribution in [2.75, 3.05) is 11.1 Å². The molecule has 0 saturated heterocycles. The second kappa shape index (κ2) is 2.95. The van der Waals surface area contributed by atoms with E-state index >= 15 is 0 Å². The molecule has 0 fully saturated rings. The number of nitrogens with two attached hydrogens (primary N) is 1. The summed E-state index contributed by atoms with van der Waals surface area (Å²) in [4.78, 5) is 25.8. The normalized spacial score (nSPS) is 9.33. The lowest BCUT2D eigenvalue weighted by Crippen LogP contribution is -2.25. The third-order valence-electron chi connectivity index (χ3n) is 1.23. The minimum absolute atomic E-state index is 0.0745. The smallest absolute Gasteiger partial charge is 0.327 e. The molecule has 0 atom stereocenters. The number of aromatic amines is 2. The predicted molar refractivity (Wildman–Crippen MR) is 45.9 cm³/mol. The Morgan fingerprint density at radius 2 is 2.08 bits per heavy atom.